The lowest BCUT2D eigenvalue weighted by molar-refractivity contribution is 0.391. The maximum absolute atomic E-state index is 13.0. The quantitative estimate of drug-likeness (QED) is 0.369. The number of benzene rings is 1. The fourth-order valence-electron chi connectivity index (χ4n) is 3.36. The third-order valence-electron chi connectivity index (χ3n) is 4.94. The van der Waals surface area contributed by atoms with E-state index in [0.717, 1.165) is 18.0 Å². The molecule has 4 aromatic rings. The molecule has 0 atom stereocenters. The molecule has 0 radical (unpaired) electrons. The second kappa shape index (κ2) is 10.0. The molecule has 3 heterocycles. The number of nitrogens with one attached hydrogen (secondary N) is 1. The molecular weight excluding hydrogens is 477 g/mol. The van der Waals surface area contributed by atoms with Gasteiger partial charge in [-0.2, -0.15) is 0 Å². The first-order valence-electron chi connectivity index (χ1n) is 10.4. The highest BCUT2D eigenvalue weighted by atomic mass is 32.2. The molecule has 4 rings (SSSR count). The largest absolute Gasteiger partial charge is 0.494 e. The maximum Gasteiger partial charge on any atom is 0.243 e. The van der Waals surface area contributed by atoms with Gasteiger partial charge in [-0.3, -0.25) is 14.3 Å². The summed E-state index contributed by atoms with van der Waals surface area (Å²) >= 11 is 0. The van der Waals surface area contributed by atoms with E-state index >= 15 is 0 Å². The van der Waals surface area contributed by atoms with E-state index in [4.69, 9.17) is 9.47 Å². The minimum absolute atomic E-state index is 0.0314. The number of hydrogen-bond acceptors (Lipinski definition) is 9. The van der Waals surface area contributed by atoms with Crippen molar-refractivity contribution in [2.75, 3.05) is 24.7 Å². The van der Waals surface area contributed by atoms with Gasteiger partial charge in [0.05, 0.1) is 32.4 Å². The second-order valence-corrected chi connectivity index (χ2v) is 9.28. The molecule has 0 unspecified atom stereocenters. The summed E-state index contributed by atoms with van der Waals surface area (Å²) in [5.74, 6) is 0.281. The number of pyridine rings is 1. The third-order valence-corrected chi connectivity index (χ3v) is 6.17. The number of aromatic nitrogens is 6. The van der Waals surface area contributed by atoms with Crippen LogP contribution in [-0.4, -0.2) is 58.1 Å². The van der Waals surface area contributed by atoms with Crippen LogP contribution in [0.25, 0.3) is 17.1 Å². The van der Waals surface area contributed by atoms with Crippen LogP contribution in [0.5, 0.6) is 11.5 Å². The van der Waals surface area contributed by atoms with Crippen LogP contribution in [0.4, 0.5) is 10.3 Å². The van der Waals surface area contributed by atoms with E-state index in [1.54, 1.807) is 30.6 Å². The topological polar surface area (TPSA) is 134 Å². The molecule has 0 aliphatic carbocycles. The van der Waals surface area contributed by atoms with Crippen molar-refractivity contribution >= 4 is 16.0 Å². The molecule has 3 aromatic heterocycles. The number of para-hydroxylation sites is 1. The standard InChI is InChI=1S/C22H22FN7O4S/c1-14-9-15(11-24-10-14)21-27-28-22(30(21)20-17(33-2)5-4-6-18(20)34-3)29-35(31,32)8-7-19-25-12-16(23)13-26-19/h4-6,9-13H,7-8H2,1-3H3,(H,28,29). The van der Waals surface area contributed by atoms with Crippen molar-refractivity contribution in [1.82, 2.24) is 29.7 Å². The van der Waals surface area contributed by atoms with E-state index in [2.05, 4.69) is 29.9 Å². The number of halogens is 1. The van der Waals surface area contributed by atoms with Crippen molar-refractivity contribution in [3.05, 3.63) is 66.3 Å². The van der Waals surface area contributed by atoms with Gasteiger partial charge in [0, 0.05) is 24.4 Å². The van der Waals surface area contributed by atoms with Gasteiger partial charge in [0.25, 0.3) is 0 Å². The van der Waals surface area contributed by atoms with Crippen molar-refractivity contribution in [2.24, 2.45) is 0 Å². The Bertz CT molecular complexity index is 1420. The molecular formula is C22H22FN7O4S. The van der Waals surface area contributed by atoms with E-state index in [9.17, 15) is 12.8 Å². The molecule has 0 aliphatic heterocycles. The lowest BCUT2D eigenvalue weighted by Gasteiger charge is -2.17. The lowest BCUT2D eigenvalue weighted by atomic mass is 10.2. The fraction of sp³-hybridized carbons (Fsp3) is 0.227. The number of nitrogens with zero attached hydrogens (tertiary/aromatic N) is 6. The van der Waals surface area contributed by atoms with Crippen LogP contribution in [0, 0.1) is 12.7 Å². The van der Waals surface area contributed by atoms with Gasteiger partial charge < -0.3 is 9.47 Å². The fourth-order valence-corrected chi connectivity index (χ4v) is 4.33. The summed E-state index contributed by atoms with van der Waals surface area (Å²) in [4.78, 5) is 11.8. The first-order chi connectivity index (χ1) is 16.8. The SMILES string of the molecule is COc1cccc(OC)c1-n1c(NS(=O)(=O)CCc2ncc(F)cn2)nnc1-c1cncc(C)c1. The number of methoxy groups -OCH3 is 2. The predicted octanol–water partition coefficient (Wildman–Crippen LogP) is 2.57. The van der Waals surface area contributed by atoms with E-state index in [-0.39, 0.29) is 23.9 Å². The zero-order valence-corrected chi connectivity index (χ0v) is 20.0. The van der Waals surface area contributed by atoms with Crippen LogP contribution in [0.1, 0.15) is 11.4 Å². The molecule has 0 fully saturated rings. The Hall–Kier alpha value is -4.13. The Balaban J connectivity index is 1.78. The average Bonchev–Trinajstić information content (AvgIpc) is 3.25. The highest BCUT2D eigenvalue weighted by Gasteiger charge is 2.25. The number of anilines is 1. The van der Waals surface area contributed by atoms with Crippen LogP contribution in [-0.2, 0) is 16.4 Å². The first kappa shape index (κ1) is 24.0. The van der Waals surface area contributed by atoms with Gasteiger partial charge in [-0.05, 0) is 30.7 Å². The summed E-state index contributed by atoms with van der Waals surface area (Å²) in [5, 5.41) is 8.34. The summed E-state index contributed by atoms with van der Waals surface area (Å²) in [7, 11) is -0.956. The highest BCUT2D eigenvalue weighted by Crippen LogP contribution is 2.37. The molecule has 0 saturated heterocycles. The molecule has 1 aromatic carbocycles. The summed E-state index contributed by atoms with van der Waals surface area (Å²) in [5.41, 5.74) is 1.89. The first-order valence-corrected chi connectivity index (χ1v) is 12.0. The molecule has 0 bridgehead atoms. The van der Waals surface area contributed by atoms with E-state index in [1.807, 2.05) is 13.0 Å². The van der Waals surface area contributed by atoms with Crippen LogP contribution < -0.4 is 14.2 Å². The number of ether oxygens (including phenoxy) is 2. The molecule has 0 amide bonds. The maximum atomic E-state index is 13.0. The predicted molar refractivity (Wildman–Crippen MR) is 126 cm³/mol. The summed E-state index contributed by atoms with van der Waals surface area (Å²) < 4.78 is 54.0. The molecule has 182 valence electrons. The van der Waals surface area contributed by atoms with Gasteiger partial charge in [-0.25, -0.2) is 22.8 Å². The average molecular weight is 500 g/mol. The lowest BCUT2D eigenvalue weighted by Crippen LogP contribution is -2.21. The smallest absolute Gasteiger partial charge is 0.243 e. The minimum atomic E-state index is -3.93. The van der Waals surface area contributed by atoms with Crippen LogP contribution in [0.3, 0.4) is 0 Å². The van der Waals surface area contributed by atoms with Crippen LogP contribution >= 0.6 is 0 Å². The van der Waals surface area contributed by atoms with Crippen LogP contribution in [0.2, 0.25) is 0 Å². The third kappa shape index (κ3) is 5.35. The normalized spacial score (nSPS) is 11.3. The number of aryl methyl sites for hydroxylation is 2. The van der Waals surface area contributed by atoms with Crippen molar-refractivity contribution in [3.8, 4) is 28.6 Å². The summed E-state index contributed by atoms with van der Waals surface area (Å²) in [6.45, 7) is 1.88. The highest BCUT2D eigenvalue weighted by molar-refractivity contribution is 7.92. The van der Waals surface area contributed by atoms with Gasteiger partial charge in [-0.15, -0.1) is 10.2 Å². The van der Waals surface area contributed by atoms with Crippen molar-refractivity contribution in [1.29, 1.82) is 0 Å². The number of hydrogen-bond donors (Lipinski definition) is 1. The van der Waals surface area contributed by atoms with Crippen molar-refractivity contribution < 1.29 is 22.3 Å². The Labute approximate surface area is 201 Å². The number of rotatable bonds is 9. The molecule has 0 aliphatic rings. The van der Waals surface area contributed by atoms with Crippen molar-refractivity contribution in [2.45, 2.75) is 13.3 Å². The van der Waals surface area contributed by atoms with E-state index in [0.29, 0.717) is 28.6 Å². The molecule has 1 N–H and O–H groups in total. The minimum Gasteiger partial charge on any atom is -0.494 e. The van der Waals surface area contributed by atoms with Gasteiger partial charge in [0.2, 0.25) is 16.0 Å². The van der Waals surface area contributed by atoms with Crippen molar-refractivity contribution in [3.63, 3.8) is 0 Å². The second-order valence-electron chi connectivity index (χ2n) is 7.43. The Morgan fingerprint density at radius 2 is 1.71 bits per heavy atom. The zero-order chi connectivity index (χ0) is 25.0. The van der Waals surface area contributed by atoms with E-state index in [1.165, 1.54) is 18.8 Å². The molecule has 35 heavy (non-hydrogen) atoms. The molecule has 0 spiro atoms. The van der Waals surface area contributed by atoms with Gasteiger partial charge in [0.15, 0.2) is 11.6 Å². The monoisotopic (exact) mass is 499 g/mol. The molecule has 0 saturated carbocycles. The summed E-state index contributed by atoms with van der Waals surface area (Å²) in [6, 6.07) is 7.01. The van der Waals surface area contributed by atoms with Gasteiger partial charge >= 0.3 is 0 Å². The number of sulfonamides is 1. The van der Waals surface area contributed by atoms with Gasteiger partial charge in [0.1, 0.15) is 23.0 Å². The molecule has 13 heteroatoms. The molecule has 11 nitrogen and oxygen atoms in total. The van der Waals surface area contributed by atoms with E-state index < -0.39 is 15.8 Å². The Kier molecular flexibility index (Phi) is 6.87. The Morgan fingerprint density at radius 1 is 1.03 bits per heavy atom. The van der Waals surface area contributed by atoms with Crippen LogP contribution in [0.15, 0.2) is 49.1 Å². The zero-order valence-electron chi connectivity index (χ0n) is 19.1. The summed E-state index contributed by atoms with van der Waals surface area (Å²) in [6.07, 6.45) is 5.22. The van der Waals surface area contributed by atoms with Gasteiger partial charge in [-0.1, -0.05) is 6.07 Å². The Morgan fingerprint density at radius 3 is 2.34 bits per heavy atom.